The van der Waals surface area contributed by atoms with E-state index >= 15 is 0 Å². The van der Waals surface area contributed by atoms with E-state index in [1.54, 1.807) is 0 Å². The molecular weight excluding hydrogens is 455 g/mol. The molecule has 29 heavy (non-hydrogen) atoms. The minimum absolute atomic E-state index is 0. The Kier molecular flexibility index (Phi) is 11.9. The first kappa shape index (κ1) is 27.7. The van der Waals surface area contributed by atoms with Crippen molar-refractivity contribution in [2.24, 2.45) is 0 Å². The maximum absolute atomic E-state index is 3.67. The van der Waals surface area contributed by atoms with Gasteiger partial charge in [-0.05, 0) is 16.7 Å². The van der Waals surface area contributed by atoms with Gasteiger partial charge in [0.05, 0.1) is 0 Å². The smallest absolute Gasteiger partial charge is 1.00 e. The molecule has 0 saturated carbocycles. The van der Waals surface area contributed by atoms with Gasteiger partial charge in [-0.3, -0.25) is 0 Å². The molecule has 0 saturated heterocycles. The van der Waals surface area contributed by atoms with Crippen LogP contribution in [0.1, 0.15) is 30.0 Å². The summed E-state index contributed by atoms with van der Waals surface area (Å²) >= 11 is 0. The Morgan fingerprint density at radius 3 is 1.24 bits per heavy atom. The molecule has 0 fully saturated rings. The second-order valence-electron chi connectivity index (χ2n) is 6.54. The Labute approximate surface area is 207 Å². The van der Waals surface area contributed by atoms with Gasteiger partial charge in [0.25, 0.3) is 0 Å². The third-order valence-electron chi connectivity index (χ3n) is 5.03. The van der Waals surface area contributed by atoms with E-state index in [2.05, 4.69) is 110 Å². The summed E-state index contributed by atoms with van der Waals surface area (Å²) in [5.74, 6) is 0. The topological polar surface area (TPSA) is 0 Å². The molecule has 0 aliphatic heterocycles. The van der Waals surface area contributed by atoms with Gasteiger partial charge in [-0.15, -0.1) is 0 Å². The van der Waals surface area contributed by atoms with Crippen molar-refractivity contribution in [2.45, 2.75) is 18.8 Å². The molecule has 4 rings (SSSR count). The van der Waals surface area contributed by atoms with Crippen LogP contribution in [-0.4, -0.2) is 0 Å². The predicted octanol–water partition coefficient (Wildman–Crippen LogP) is -2.89. The number of benzene rings is 3. The van der Waals surface area contributed by atoms with Crippen molar-refractivity contribution in [3.63, 3.8) is 0 Å². The molecule has 0 heterocycles. The van der Waals surface area contributed by atoms with E-state index in [0.717, 1.165) is 6.42 Å². The van der Waals surface area contributed by atoms with Crippen LogP contribution in [0, 0.1) is 6.08 Å². The Hall–Kier alpha value is -1.28. The fraction of sp³-hybridized carbons (Fsp3) is 0.120. The van der Waals surface area contributed by atoms with Crippen LogP contribution in [0.25, 0.3) is 0 Å². The summed E-state index contributed by atoms with van der Waals surface area (Å²) in [7, 11) is 0. The summed E-state index contributed by atoms with van der Waals surface area (Å²) in [6, 6.07) is 32.5. The van der Waals surface area contributed by atoms with Crippen LogP contribution in [0.5, 0.6) is 0 Å². The molecule has 0 unspecified atom stereocenters. The minimum atomic E-state index is -0.308. The van der Waals surface area contributed by atoms with Gasteiger partial charge in [0.2, 0.25) is 0 Å². The molecule has 3 aromatic carbocycles. The van der Waals surface area contributed by atoms with E-state index in [-0.39, 0.29) is 64.4 Å². The van der Waals surface area contributed by atoms with E-state index in [9.17, 15) is 0 Å². The summed E-state index contributed by atoms with van der Waals surface area (Å²) in [6.45, 7) is 2.14. The van der Waals surface area contributed by atoms with Crippen molar-refractivity contribution in [2.75, 3.05) is 0 Å². The molecule has 0 amide bonds. The molecule has 1 aliphatic carbocycles. The van der Waals surface area contributed by atoms with Crippen molar-refractivity contribution < 1.29 is 58.9 Å². The number of rotatable bonds is 4. The zero-order valence-electron chi connectivity index (χ0n) is 16.1. The van der Waals surface area contributed by atoms with Gasteiger partial charge in [0.15, 0.2) is 0 Å². The van der Waals surface area contributed by atoms with Crippen LogP contribution in [0.4, 0.5) is 0 Å². The van der Waals surface area contributed by atoms with Crippen LogP contribution in [0.3, 0.4) is 0 Å². The molecule has 0 bridgehead atoms. The Morgan fingerprint density at radius 2 is 0.966 bits per heavy atom. The summed E-state index contributed by atoms with van der Waals surface area (Å²) in [5.41, 5.74) is 6.10. The van der Waals surface area contributed by atoms with E-state index < -0.39 is 0 Å². The summed E-state index contributed by atoms with van der Waals surface area (Å²) in [4.78, 5) is 0. The van der Waals surface area contributed by atoms with Crippen LogP contribution < -0.4 is 37.2 Å². The first-order chi connectivity index (χ1) is 12.3. The standard InChI is InChI=1S/C25H21.3ClH.Ti/c1-20-17-18-24(19-20)25(21-11-5-2-6-12-21,22-13-7-3-8-14-22)23-15-9-4-10-16-23;;;;/h2-17H,18H2,1H3;3*1H;/q-1;;;;+4/p-3. The van der Waals surface area contributed by atoms with Crippen LogP contribution in [0.15, 0.2) is 108 Å². The second-order valence-corrected chi connectivity index (χ2v) is 6.54. The maximum Gasteiger partial charge on any atom is 4.00 e. The fourth-order valence-electron chi connectivity index (χ4n) is 3.93. The minimum Gasteiger partial charge on any atom is -1.00 e. The van der Waals surface area contributed by atoms with Gasteiger partial charge in [-0.1, -0.05) is 104 Å². The van der Waals surface area contributed by atoms with Crippen molar-refractivity contribution in [1.82, 2.24) is 0 Å². The number of allylic oxidation sites excluding steroid dienone is 4. The monoisotopic (exact) mass is 474 g/mol. The van der Waals surface area contributed by atoms with Gasteiger partial charge >= 0.3 is 21.7 Å². The molecule has 3 aromatic rings. The zero-order valence-corrected chi connectivity index (χ0v) is 19.9. The molecule has 0 N–H and O–H groups in total. The summed E-state index contributed by atoms with van der Waals surface area (Å²) in [5, 5.41) is 0. The average molecular weight is 476 g/mol. The molecule has 4 heteroatoms. The van der Waals surface area contributed by atoms with Crippen molar-refractivity contribution in [3.05, 3.63) is 131 Å². The van der Waals surface area contributed by atoms with Crippen LogP contribution in [0.2, 0.25) is 0 Å². The largest absolute Gasteiger partial charge is 4.00 e. The molecule has 0 spiro atoms. The van der Waals surface area contributed by atoms with E-state index in [0.29, 0.717) is 0 Å². The van der Waals surface area contributed by atoms with Gasteiger partial charge in [0.1, 0.15) is 0 Å². The van der Waals surface area contributed by atoms with Crippen LogP contribution >= 0.6 is 0 Å². The van der Waals surface area contributed by atoms with E-state index in [4.69, 9.17) is 0 Å². The molecule has 0 nitrogen and oxygen atoms in total. The van der Waals surface area contributed by atoms with Gasteiger partial charge in [-0.2, -0.15) is 5.57 Å². The van der Waals surface area contributed by atoms with Gasteiger partial charge in [0, 0.05) is 5.41 Å². The van der Waals surface area contributed by atoms with Gasteiger partial charge in [-0.25, -0.2) is 17.7 Å². The molecule has 0 radical (unpaired) electrons. The quantitative estimate of drug-likeness (QED) is 0.216. The third-order valence-corrected chi connectivity index (χ3v) is 5.03. The molecule has 1 aliphatic rings. The fourth-order valence-corrected chi connectivity index (χ4v) is 3.93. The summed E-state index contributed by atoms with van der Waals surface area (Å²) in [6.07, 6.45) is 6.88. The normalized spacial score (nSPS) is 12.2. The van der Waals surface area contributed by atoms with E-state index in [1.807, 2.05) is 0 Å². The second kappa shape index (κ2) is 12.4. The Balaban J connectivity index is 0.00000196. The third kappa shape index (κ3) is 5.26. The van der Waals surface area contributed by atoms with Gasteiger partial charge < -0.3 is 37.2 Å². The first-order valence-corrected chi connectivity index (χ1v) is 8.78. The number of halogens is 3. The SMILES string of the molecule is CC1=CCC(C(c2ccccc2)(c2ccccc2)c2ccccc2)=[C-]1.[Cl-].[Cl-].[Cl-].[Ti+4]. The first-order valence-electron chi connectivity index (χ1n) is 8.78. The van der Waals surface area contributed by atoms with Crippen molar-refractivity contribution in [1.29, 1.82) is 0 Å². The summed E-state index contributed by atoms with van der Waals surface area (Å²) < 4.78 is 0. The molecular formula is C25H21Cl3Ti. The molecule has 0 atom stereocenters. The average Bonchev–Trinajstić information content (AvgIpc) is 3.12. The Bertz CT molecular complexity index is 823. The van der Waals surface area contributed by atoms with E-state index in [1.165, 1.54) is 27.8 Å². The van der Waals surface area contributed by atoms with Crippen molar-refractivity contribution in [3.8, 4) is 0 Å². The maximum atomic E-state index is 3.67. The zero-order chi connectivity index (χ0) is 17.1. The van der Waals surface area contributed by atoms with Crippen LogP contribution in [-0.2, 0) is 27.1 Å². The molecule has 0 aromatic heterocycles. The predicted molar refractivity (Wildman–Crippen MR) is 104 cm³/mol. The number of hydrogen-bond donors (Lipinski definition) is 0. The Morgan fingerprint density at radius 1 is 0.621 bits per heavy atom. The molecule has 146 valence electrons. The van der Waals surface area contributed by atoms with Crippen molar-refractivity contribution >= 4 is 0 Å². The number of hydrogen-bond acceptors (Lipinski definition) is 0.